The molecular formula is C23H20N4O2. The second kappa shape index (κ2) is 7.12. The third-order valence-corrected chi connectivity index (χ3v) is 5.51. The van der Waals surface area contributed by atoms with Crippen molar-refractivity contribution in [2.24, 2.45) is 0 Å². The van der Waals surface area contributed by atoms with Crippen LogP contribution in [-0.2, 0) is 6.42 Å². The van der Waals surface area contributed by atoms with Crippen LogP contribution < -0.4 is 15.5 Å². The lowest BCUT2D eigenvalue weighted by atomic mass is 10.0. The summed E-state index contributed by atoms with van der Waals surface area (Å²) in [4.78, 5) is 15.1. The van der Waals surface area contributed by atoms with Gasteiger partial charge in [0, 0.05) is 55.1 Å². The Morgan fingerprint density at radius 1 is 1.00 bits per heavy atom. The van der Waals surface area contributed by atoms with Crippen LogP contribution in [0.2, 0.25) is 0 Å². The number of furan rings is 1. The van der Waals surface area contributed by atoms with Crippen molar-refractivity contribution >= 4 is 17.3 Å². The van der Waals surface area contributed by atoms with E-state index in [-0.39, 0.29) is 5.91 Å². The summed E-state index contributed by atoms with van der Waals surface area (Å²) in [5.74, 6) is 0.759. The molecule has 3 heterocycles. The molecule has 5 rings (SSSR count). The fourth-order valence-electron chi connectivity index (χ4n) is 3.96. The van der Waals surface area contributed by atoms with Crippen molar-refractivity contribution in [3.05, 3.63) is 71.0 Å². The number of hydrogen-bond acceptors (Lipinski definition) is 5. The van der Waals surface area contributed by atoms with E-state index in [1.807, 2.05) is 24.3 Å². The van der Waals surface area contributed by atoms with Gasteiger partial charge in [0.2, 0.25) is 0 Å². The van der Waals surface area contributed by atoms with Crippen molar-refractivity contribution in [3.63, 3.8) is 0 Å². The summed E-state index contributed by atoms with van der Waals surface area (Å²) in [5.41, 5.74) is 5.41. The number of nitrogens with one attached hydrogen (secondary N) is 2. The molecule has 0 atom stereocenters. The highest BCUT2D eigenvalue weighted by Gasteiger charge is 2.25. The number of anilines is 2. The summed E-state index contributed by atoms with van der Waals surface area (Å²) < 4.78 is 5.92. The molecule has 6 nitrogen and oxygen atoms in total. The fraction of sp³-hybridized carbons (Fsp3) is 0.217. The van der Waals surface area contributed by atoms with Gasteiger partial charge in [0.05, 0.1) is 11.6 Å². The van der Waals surface area contributed by atoms with Crippen molar-refractivity contribution in [1.82, 2.24) is 5.32 Å². The number of fused-ring (bicyclic) bond motifs is 2. The van der Waals surface area contributed by atoms with Gasteiger partial charge in [-0.3, -0.25) is 4.79 Å². The Morgan fingerprint density at radius 3 is 2.55 bits per heavy atom. The maximum absolute atomic E-state index is 12.7. The van der Waals surface area contributed by atoms with Crippen LogP contribution in [0, 0.1) is 11.3 Å². The average molecular weight is 384 g/mol. The van der Waals surface area contributed by atoms with Gasteiger partial charge in [-0.1, -0.05) is 0 Å². The minimum atomic E-state index is -0.228. The zero-order chi connectivity index (χ0) is 19.8. The smallest absolute Gasteiger partial charge is 0.291 e. The second-order valence-electron chi connectivity index (χ2n) is 7.36. The third kappa shape index (κ3) is 3.26. The van der Waals surface area contributed by atoms with Crippen LogP contribution in [-0.4, -0.2) is 32.1 Å². The first-order chi connectivity index (χ1) is 14.2. The van der Waals surface area contributed by atoms with E-state index in [1.165, 1.54) is 5.69 Å². The van der Waals surface area contributed by atoms with Gasteiger partial charge in [0.25, 0.3) is 5.91 Å². The number of carbonyl (C=O) groups excluding carboxylic acids is 1. The molecule has 2 aliphatic rings. The Hall–Kier alpha value is -3.56. The molecule has 0 bridgehead atoms. The number of carbonyl (C=O) groups is 1. The molecule has 0 saturated carbocycles. The second-order valence-corrected chi connectivity index (χ2v) is 7.36. The van der Waals surface area contributed by atoms with Crippen LogP contribution in [0.1, 0.15) is 27.2 Å². The number of amides is 1. The van der Waals surface area contributed by atoms with E-state index in [0.717, 1.165) is 48.6 Å². The van der Waals surface area contributed by atoms with Crippen molar-refractivity contribution in [3.8, 4) is 17.4 Å². The first kappa shape index (κ1) is 17.5. The number of hydrogen-bond donors (Lipinski definition) is 2. The number of piperazine rings is 1. The predicted molar refractivity (Wildman–Crippen MR) is 111 cm³/mol. The van der Waals surface area contributed by atoms with E-state index < -0.39 is 0 Å². The molecule has 1 saturated heterocycles. The molecule has 3 aromatic rings. The summed E-state index contributed by atoms with van der Waals surface area (Å²) in [6, 6.07) is 17.4. The molecule has 6 heteroatoms. The molecular weight excluding hydrogens is 364 g/mol. The van der Waals surface area contributed by atoms with E-state index >= 15 is 0 Å². The lowest BCUT2D eigenvalue weighted by molar-refractivity contribution is 0.0997. The van der Waals surface area contributed by atoms with Crippen molar-refractivity contribution < 1.29 is 9.21 Å². The van der Waals surface area contributed by atoms with Gasteiger partial charge in [-0.05, 0) is 54.1 Å². The van der Waals surface area contributed by atoms with E-state index in [0.29, 0.717) is 23.5 Å². The number of nitrogens with zero attached hydrogens (tertiary/aromatic N) is 2. The SMILES string of the molecule is N#Cc1ccc(-c2cc3c(o2)C(=O)Nc2ccc(N4CCNCC4)cc2C3)cc1. The highest BCUT2D eigenvalue weighted by atomic mass is 16.4. The number of benzene rings is 2. The molecule has 0 unspecified atom stereocenters. The minimum Gasteiger partial charge on any atom is -0.451 e. The van der Waals surface area contributed by atoms with Gasteiger partial charge < -0.3 is 20.0 Å². The summed E-state index contributed by atoms with van der Waals surface area (Å²) in [6.45, 7) is 3.91. The first-order valence-electron chi connectivity index (χ1n) is 9.74. The van der Waals surface area contributed by atoms with Crippen molar-refractivity contribution in [1.29, 1.82) is 5.26 Å². The molecule has 0 spiro atoms. The van der Waals surface area contributed by atoms with E-state index in [9.17, 15) is 4.79 Å². The van der Waals surface area contributed by atoms with Crippen LogP contribution in [0.3, 0.4) is 0 Å². The molecule has 0 radical (unpaired) electrons. The standard InChI is InChI=1S/C23H20N4O2/c24-14-15-1-3-16(4-2-15)21-13-18-11-17-12-19(27-9-7-25-8-10-27)5-6-20(17)26-23(28)22(18)29-21/h1-6,12-13,25H,7-11H2,(H,26,28). The van der Waals surface area contributed by atoms with Crippen molar-refractivity contribution in [2.75, 3.05) is 36.4 Å². The van der Waals surface area contributed by atoms with Gasteiger partial charge in [-0.25, -0.2) is 0 Å². The monoisotopic (exact) mass is 384 g/mol. The van der Waals surface area contributed by atoms with E-state index in [1.54, 1.807) is 12.1 Å². The summed E-state index contributed by atoms with van der Waals surface area (Å²) >= 11 is 0. The van der Waals surface area contributed by atoms with Crippen LogP contribution in [0.25, 0.3) is 11.3 Å². The molecule has 1 amide bonds. The molecule has 1 aromatic heterocycles. The van der Waals surface area contributed by atoms with Crippen LogP contribution in [0.4, 0.5) is 11.4 Å². The zero-order valence-electron chi connectivity index (χ0n) is 15.9. The van der Waals surface area contributed by atoms with Gasteiger partial charge in [-0.15, -0.1) is 0 Å². The Kier molecular flexibility index (Phi) is 4.30. The van der Waals surface area contributed by atoms with Crippen LogP contribution >= 0.6 is 0 Å². The van der Waals surface area contributed by atoms with Gasteiger partial charge in [0.15, 0.2) is 5.76 Å². The van der Waals surface area contributed by atoms with Gasteiger partial charge in [-0.2, -0.15) is 5.26 Å². The Bertz CT molecular complexity index is 1120. The van der Waals surface area contributed by atoms with Gasteiger partial charge in [0.1, 0.15) is 5.76 Å². The van der Waals surface area contributed by atoms with E-state index in [2.05, 4.69) is 33.7 Å². The van der Waals surface area contributed by atoms with Crippen molar-refractivity contribution in [2.45, 2.75) is 6.42 Å². The molecule has 2 aliphatic heterocycles. The summed E-state index contributed by atoms with van der Waals surface area (Å²) in [6.07, 6.45) is 0.628. The summed E-state index contributed by atoms with van der Waals surface area (Å²) in [5, 5.41) is 15.3. The number of rotatable bonds is 2. The lowest BCUT2D eigenvalue weighted by Crippen LogP contribution is -2.43. The fourth-order valence-corrected chi connectivity index (χ4v) is 3.96. The zero-order valence-corrected chi connectivity index (χ0v) is 15.9. The quantitative estimate of drug-likeness (QED) is 0.708. The largest absolute Gasteiger partial charge is 0.451 e. The highest BCUT2D eigenvalue weighted by Crippen LogP contribution is 2.34. The van der Waals surface area contributed by atoms with Gasteiger partial charge >= 0.3 is 0 Å². The Balaban J connectivity index is 1.49. The minimum absolute atomic E-state index is 0.228. The molecule has 144 valence electrons. The summed E-state index contributed by atoms with van der Waals surface area (Å²) in [7, 11) is 0. The average Bonchev–Trinajstić information content (AvgIpc) is 3.14. The normalized spacial score (nSPS) is 15.7. The maximum Gasteiger partial charge on any atom is 0.291 e. The topological polar surface area (TPSA) is 81.3 Å². The first-order valence-corrected chi connectivity index (χ1v) is 9.74. The third-order valence-electron chi connectivity index (χ3n) is 5.51. The Morgan fingerprint density at radius 2 is 1.79 bits per heavy atom. The molecule has 2 N–H and O–H groups in total. The van der Waals surface area contributed by atoms with E-state index in [4.69, 9.17) is 9.68 Å². The molecule has 2 aromatic carbocycles. The number of nitriles is 1. The van der Waals surface area contributed by atoms with Crippen LogP contribution in [0.15, 0.2) is 52.9 Å². The Labute approximate surface area is 168 Å². The predicted octanol–water partition coefficient (Wildman–Crippen LogP) is 3.38. The highest BCUT2D eigenvalue weighted by molar-refractivity contribution is 6.05. The molecule has 0 aliphatic carbocycles. The lowest BCUT2D eigenvalue weighted by Gasteiger charge is -2.30. The van der Waals surface area contributed by atoms with Crippen LogP contribution in [0.5, 0.6) is 0 Å². The maximum atomic E-state index is 12.7. The molecule has 1 fully saturated rings. The molecule has 29 heavy (non-hydrogen) atoms.